The SMILES string of the molecule is Cc1csc(CC(=O)NCCCNC=O)n1. The summed E-state index contributed by atoms with van der Waals surface area (Å²) >= 11 is 1.49. The molecule has 0 unspecified atom stereocenters. The molecule has 6 heteroatoms. The molecule has 1 aromatic heterocycles. The van der Waals surface area contributed by atoms with E-state index in [1.165, 1.54) is 11.3 Å². The van der Waals surface area contributed by atoms with Crippen molar-refractivity contribution in [2.45, 2.75) is 19.8 Å². The van der Waals surface area contributed by atoms with E-state index < -0.39 is 0 Å². The van der Waals surface area contributed by atoms with E-state index in [1.807, 2.05) is 12.3 Å². The third kappa shape index (κ3) is 4.88. The lowest BCUT2D eigenvalue weighted by Crippen LogP contribution is -2.28. The Bertz CT molecular complexity index is 352. The van der Waals surface area contributed by atoms with Gasteiger partial charge in [-0.25, -0.2) is 4.98 Å². The molecule has 16 heavy (non-hydrogen) atoms. The molecule has 0 atom stereocenters. The van der Waals surface area contributed by atoms with Crippen molar-refractivity contribution >= 4 is 23.7 Å². The zero-order valence-electron chi connectivity index (χ0n) is 9.16. The summed E-state index contributed by atoms with van der Waals surface area (Å²) in [5.41, 5.74) is 0.947. The van der Waals surface area contributed by atoms with Gasteiger partial charge < -0.3 is 10.6 Å². The van der Waals surface area contributed by atoms with Crippen LogP contribution in [0.2, 0.25) is 0 Å². The first-order valence-electron chi connectivity index (χ1n) is 5.07. The van der Waals surface area contributed by atoms with Crippen molar-refractivity contribution in [2.75, 3.05) is 13.1 Å². The molecule has 0 aliphatic heterocycles. The van der Waals surface area contributed by atoms with E-state index >= 15 is 0 Å². The highest BCUT2D eigenvalue weighted by molar-refractivity contribution is 7.09. The third-order valence-corrected chi connectivity index (χ3v) is 2.85. The summed E-state index contributed by atoms with van der Waals surface area (Å²) in [6, 6.07) is 0. The van der Waals surface area contributed by atoms with Gasteiger partial charge in [-0.15, -0.1) is 11.3 Å². The molecule has 2 N–H and O–H groups in total. The number of hydrogen-bond acceptors (Lipinski definition) is 4. The number of hydrogen-bond donors (Lipinski definition) is 2. The zero-order chi connectivity index (χ0) is 11.8. The van der Waals surface area contributed by atoms with Crippen molar-refractivity contribution in [2.24, 2.45) is 0 Å². The van der Waals surface area contributed by atoms with Gasteiger partial charge >= 0.3 is 0 Å². The van der Waals surface area contributed by atoms with Gasteiger partial charge in [0.05, 0.1) is 6.42 Å². The molecule has 0 aromatic carbocycles. The Hall–Kier alpha value is -1.43. The summed E-state index contributed by atoms with van der Waals surface area (Å²) in [7, 11) is 0. The minimum atomic E-state index is -0.0274. The highest BCUT2D eigenvalue weighted by atomic mass is 32.1. The highest BCUT2D eigenvalue weighted by Gasteiger charge is 2.05. The first kappa shape index (κ1) is 12.6. The maximum absolute atomic E-state index is 11.4. The number of rotatable bonds is 7. The normalized spacial score (nSPS) is 9.81. The second kappa shape index (κ2) is 6.95. The lowest BCUT2D eigenvalue weighted by Gasteiger charge is -2.03. The van der Waals surface area contributed by atoms with Gasteiger partial charge in [-0.2, -0.15) is 0 Å². The quantitative estimate of drug-likeness (QED) is 0.531. The van der Waals surface area contributed by atoms with Crippen molar-refractivity contribution in [1.29, 1.82) is 0 Å². The lowest BCUT2D eigenvalue weighted by atomic mass is 10.3. The van der Waals surface area contributed by atoms with Crippen molar-refractivity contribution in [1.82, 2.24) is 15.6 Å². The van der Waals surface area contributed by atoms with Gasteiger partial charge in [0.1, 0.15) is 5.01 Å². The molecule has 0 aliphatic rings. The monoisotopic (exact) mass is 241 g/mol. The van der Waals surface area contributed by atoms with Gasteiger partial charge in [0, 0.05) is 24.2 Å². The van der Waals surface area contributed by atoms with Crippen LogP contribution >= 0.6 is 11.3 Å². The number of amides is 2. The van der Waals surface area contributed by atoms with Crippen LogP contribution in [-0.2, 0) is 16.0 Å². The fourth-order valence-electron chi connectivity index (χ4n) is 1.16. The van der Waals surface area contributed by atoms with Crippen LogP contribution in [0.25, 0.3) is 0 Å². The van der Waals surface area contributed by atoms with Crippen LogP contribution in [0.1, 0.15) is 17.1 Å². The first-order chi connectivity index (χ1) is 7.72. The highest BCUT2D eigenvalue weighted by Crippen LogP contribution is 2.08. The molecule has 0 aliphatic carbocycles. The Balaban J connectivity index is 2.14. The Morgan fingerprint density at radius 3 is 3.00 bits per heavy atom. The molecule has 0 radical (unpaired) electrons. The summed E-state index contributed by atoms with van der Waals surface area (Å²) in [5, 5.41) is 8.07. The number of aryl methyl sites for hydroxylation is 1. The maximum Gasteiger partial charge on any atom is 0.226 e. The molecule has 1 aromatic rings. The molecule has 0 saturated carbocycles. The molecule has 88 valence electrons. The zero-order valence-corrected chi connectivity index (χ0v) is 9.97. The van der Waals surface area contributed by atoms with Crippen LogP contribution in [0.15, 0.2) is 5.38 Å². The Morgan fingerprint density at radius 1 is 1.56 bits per heavy atom. The fourth-order valence-corrected chi connectivity index (χ4v) is 1.93. The number of nitrogens with zero attached hydrogens (tertiary/aromatic N) is 1. The Kier molecular flexibility index (Phi) is 5.49. The van der Waals surface area contributed by atoms with Gasteiger partial charge in [0.15, 0.2) is 0 Å². The number of carbonyl (C=O) groups is 2. The molecule has 0 bridgehead atoms. The summed E-state index contributed by atoms with van der Waals surface area (Å²) in [5.74, 6) is -0.0274. The van der Waals surface area contributed by atoms with Gasteiger partial charge in [-0.1, -0.05) is 0 Å². The van der Waals surface area contributed by atoms with Crippen LogP contribution in [-0.4, -0.2) is 30.4 Å². The number of thiazole rings is 1. The fraction of sp³-hybridized carbons (Fsp3) is 0.500. The van der Waals surface area contributed by atoms with Crippen molar-refractivity contribution in [3.05, 3.63) is 16.1 Å². The predicted molar refractivity (Wildman–Crippen MR) is 62.2 cm³/mol. The minimum Gasteiger partial charge on any atom is -0.359 e. The lowest BCUT2D eigenvalue weighted by molar-refractivity contribution is -0.120. The van der Waals surface area contributed by atoms with Gasteiger partial charge in [-0.3, -0.25) is 9.59 Å². The molecule has 5 nitrogen and oxygen atoms in total. The summed E-state index contributed by atoms with van der Waals surface area (Å²) in [4.78, 5) is 25.6. The Morgan fingerprint density at radius 2 is 2.38 bits per heavy atom. The van der Waals surface area contributed by atoms with E-state index in [-0.39, 0.29) is 5.91 Å². The summed E-state index contributed by atoms with van der Waals surface area (Å²) in [6.45, 7) is 3.06. The number of aromatic nitrogens is 1. The maximum atomic E-state index is 11.4. The molecular formula is C10H15N3O2S. The van der Waals surface area contributed by atoms with Crippen molar-refractivity contribution in [3.63, 3.8) is 0 Å². The van der Waals surface area contributed by atoms with Crippen LogP contribution in [0.4, 0.5) is 0 Å². The molecule has 0 saturated heterocycles. The van der Waals surface area contributed by atoms with E-state index in [1.54, 1.807) is 0 Å². The van der Waals surface area contributed by atoms with E-state index in [0.717, 1.165) is 17.1 Å². The second-order valence-corrected chi connectivity index (χ2v) is 4.28. The van der Waals surface area contributed by atoms with Gasteiger partial charge in [-0.05, 0) is 13.3 Å². The van der Waals surface area contributed by atoms with Gasteiger partial charge in [0.2, 0.25) is 12.3 Å². The Labute approximate surface area is 98.3 Å². The van der Waals surface area contributed by atoms with Crippen molar-refractivity contribution in [3.8, 4) is 0 Å². The number of nitrogens with one attached hydrogen (secondary N) is 2. The second-order valence-electron chi connectivity index (χ2n) is 3.33. The van der Waals surface area contributed by atoms with Crippen LogP contribution < -0.4 is 10.6 Å². The molecular weight excluding hydrogens is 226 g/mol. The first-order valence-corrected chi connectivity index (χ1v) is 5.95. The van der Waals surface area contributed by atoms with E-state index in [4.69, 9.17) is 0 Å². The summed E-state index contributed by atoms with van der Waals surface area (Å²) in [6.07, 6.45) is 1.72. The van der Waals surface area contributed by atoms with E-state index in [9.17, 15) is 9.59 Å². The molecule has 1 heterocycles. The molecule has 0 fully saturated rings. The molecule has 0 spiro atoms. The average molecular weight is 241 g/mol. The molecule has 1 rings (SSSR count). The predicted octanol–water partition coefficient (Wildman–Crippen LogP) is 0.246. The minimum absolute atomic E-state index is 0.0274. The van der Waals surface area contributed by atoms with Crippen LogP contribution in [0.3, 0.4) is 0 Å². The standard InChI is InChI=1S/C10H15N3O2S/c1-8-6-16-10(13-8)5-9(15)12-4-2-3-11-7-14/h6-7H,2-5H2,1H3,(H,11,14)(H,12,15). The smallest absolute Gasteiger partial charge is 0.226 e. The average Bonchev–Trinajstić information content (AvgIpc) is 2.63. The largest absolute Gasteiger partial charge is 0.359 e. The van der Waals surface area contributed by atoms with E-state index in [2.05, 4.69) is 15.6 Å². The van der Waals surface area contributed by atoms with Gasteiger partial charge in [0.25, 0.3) is 0 Å². The van der Waals surface area contributed by atoms with Crippen LogP contribution in [0.5, 0.6) is 0 Å². The van der Waals surface area contributed by atoms with Crippen molar-refractivity contribution < 1.29 is 9.59 Å². The number of carbonyl (C=O) groups excluding carboxylic acids is 2. The topological polar surface area (TPSA) is 71.1 Å². The van der Waals surface area contributed by atoms with Crippen LogP contribution in [0, 0.1) is 6.92 Å². The summed E-state index contributed by atoms with van der Waals surface area (Å²) < 4.78 is 0. The van der Waals surface area contributed by atoms with E-state index in [0.29, 0.717) is 25.9 Å². The molecule has 2 amide bonds. The third-order valence-electron chi connectivity index (χ3n) is 1.88.